The molecule has 0 amide bonds. The average Bonchev–Trinajstić information content (AvgIpc) is 3.63. The third kappa shape index (κ3) is 3.67. The molecule has 2 saturated heterocycles. The summed E-state index contributed by atoms with van der Waals surface area (Å²) >= 11 is 0. The number of hydrogen-bond donors (Lipinski definition) is 0. The van der Waals surface area contributed by atoms with Crippen molar-refractivity contribution in [3.8, 4) is 11.5 Å². The number of piperazine rings is 1. The fourth-order valence-corrected chi connectivity index (χ4v) is 5.18. The van der Waals surface area contributed by atoms with Crippen molar-refractivity contribution in [3.63, 3.8) is 0 Å². The average molecular weight is 492 g/mol. The fourth-order valence-electron chi connectivity index (χ4n) is 5.18. The van der Waals surface area contributed by atoms with Crippen molar-refractivity contribution in [3.05, 3.63) is 80.7 Å². The van der Waals surface area contributed by atoms with Crippen molar-refractivity contribution < 1.29 is 13.2 Å². The number of benzene rings is 1. The predicted octanol–water partition coefficient (Wildman–Crippen LogP) is 2.90. The molecule has 2 aliphatic heterocycles. The first-order valence-corrected chi connectivity index (χ1v) is 11.6. The molecule has 0 unspecified atom stereocenters. The van der Waals surface area contributed by atoms with Gasteiger partial charge in [-0.05, 0) is 37.7 Å². The standard InChI is InChI=1S/C25H22F2N6O3/c1-31-12-18-9-17(31)13-33(18)20-19(21(34)22(20)35)32(16-5-3-2-4-6-16)11-15-8-7-14(10-28-15)24-29-30-25(36-24)23(26)27/h2-8,10,17-18,23H,9,11-13H2,1H3/t17-,18-/m0/s1. The van der Waals surface area contributed by atoms with E-state index in [1.807, 2.05) is 35.2 Å². The fraction of sp³-hybridized carbons (Fsp3) is 0.320. The van der Waals surface area contributed by atoms with Gasteiger partial charge < -0.3 is 14.2 Å². The van der Waals surface area contributed by atoms with Gasteiger partial charge in [-0.2, -0.15) is 8.78 Å². The molecule has 11 heteroatoms. The maximum absolute atomic E-state index is 12.9. The smallest absolute Gasteiger partial charge is 0.314 e. The summed E-state index contributed by atoms with van der Waals surface area (Å²) in [5.41, 5.74) is 1.67. The molecule has 6 rings (SSSR count). The van der Waals surface area contributed by atoms with Gasteiger partial charge in [0.2, 0.25) is 5.89 Å². The lowest BCUT2D eigenvalue weighted by atomic mass is 10.1. The number of likely N-dealkylation sites (tertiary alicyclic amines) is 1. The number of pyridine rings is 1. The van der Waals surface area contributed by atoms with Crippen molar-refractivity contribution >= 4 is 17.1 Å². The van der Waals surface area contributed by atoms with E-state index in [1.165, 1.54) is 6.20 Å². The summed E-state index contributed by atoms with van der Waals surface area (Å²) in [6.45, 7) is 1.82. The summed E-state index contributed by atoms with van der Waals surface area (Å²) in [5.74, 6) is -0.804. The Morgan fingerprint density at radius 1 is 1.06 bits per heavy atom. The van der Waals surface area contributed by atoms with Crippen LogP contribution < -0.4 is 20.7 Å². The van der Waals surface area contributed by atoms with Gasteiger partial charge in [0, 0.05) is 37.1 Å². The number of likely N-dealkylation sites (N-methyl/N-ethyl adjacent to an activating group) is 1. The lowest BCUT2D eigenvalue weighted by Crippen LogP contribution is -2.51. The Hall–Kier alpha value is -3.99. The van der Waals surface area contributed by atoms with Crippen LogP contribution in [0.4, 0.5) is 25.8 Å². The van der Waals surface area contributed by atoms with Gasteiger partial charge in [-0.15, -0.1) is 10.2 Å². The molecule has 0 spiro atoms. The third-order valence-electron chi connectivity index (χ3n) is 7.02. The number of halogens is 2. The summed E-state index contributed by atoms with van der Waals surface area (Å²) in [5, 5.41) is 6.99. The molecule has 4 heterocycles. The van der Waals surface area contributed by atoms with Crippen molar-refractivity contribution in [1.29, 1.82) is 0 Å². The second-order valence-corrected chi connectivity index (χ2v) is 9.20. The Balaban J connectivity index is 1.32. The zero-order valence-corrected chi connectivity index (χ0v) is 19.3. The van der Waals surface area contributed by atoms with Gasteiger partial charge in [0.05, 0.1) is 17.8 Å². The van der Waals surface area contributed by atoms with E-state index in [9.17, 15) is 18.4 Å². The molecule has 9 nitrogen and oxygen atoms in total. The minimum atomic E-state index is -2.85. The van der Waals surface area contributed by atoms with E-state index in [0.29, 0.717) is 28.7 Å². The second kappa shape index (κ2) is 8.59. The molecular formula is C25H22F2N6O3. The predicted molar refractivity (Wildman–Crippen MR) is 128 cm³/mol. The number of nitrogens with zero attached hydrogens (tertiary/aromatic N) is 6. The van der Waals surface area contributed by atoms with Gasteiger partial charge in [0.25, 0.3) is 16.7 Å². The van der Waals surface area contributed by atoms with E-state index in [1.54, 1.807) is 12.1 Å². The van der Waals surface area contributed by atoms with E-state index in [4.69, 9.17) is 4.42 Å². The van der Waals surface area contributed by atoms with Gasteiger partial charge >= 0.3 is 6.43 Å². The summed E-state index contributed by atoms with van der Waals surface area (Å²) in [6.07, 6.45) is -0.416. The van der Waals surface area contributed by atoms with Gasteiger partial charge in [0.1, 0.15) is 11.4 Å². The maximum atomic E-state index is 12.9. The number of aromatic nitrogens is 3. The molecule has 2 aromatic heterocycles. The summed E-state index contributed by atoms with van der Waals surface area (Å²) < 4.78 is 30.5. The molecule has 2 bridgehead atoms. The van der Waals surface area contributed by atoms with Crippen LogP contribution in [0.1, 0.15) is 24.4 Å². The number of anilines is 3. The minimum Gasteiger partial charge on any atom is -0.415 e. The number of fused-ring (bicyclic) bond motifs is 2. The van der Waals surface area contributed by atoms with Gasteiger partial charge in [-0.3, -0.25) is 19.5 Å². The molecule has 2 aliphatic rings. The van der Waals surface area contributed by atoms with Crippen LogP contribution in [0.3, 0.4) is 0 Å². The Bertz CT molecular complexity index is 1460. The van der Waals surface area contributed by atoms with Crippen molar-refractivity contribution in [2.75, 3.05) is 29.9 Å². The number of alkyl halides is 2. The molecule has 0 N–H and O–H groups in total. The van der Waals surface area contributed by atoms with Crippen LogP contribution >= 0.6 is 0 Å². The zero-order valence-electron chi connectivity index (χ0n) is 19.3. The highest BCUT2D eigenvalue weighted by atomic mass is 19.3. The Kier molecular flexibility index (Phi) is 5.36. The van der Waals surface area contributed by atoms with Gasteiger partial charge in [-0.25, -0.2) is 0 Å². The van der Waals surface area contributed by atoms with Crippen molar-refractivity contribution in [1.82, 2.24) is 20.1 Å². The largest absolute Gasteiger partial charge is 0.415 e. The molecule has 0 aliphatic carbocycles. The first-order chi connectivity index (χ1) is 17.4. The highest BCUT2D eigenvalue weighted by molar-refractivity contribution is 5.82. The maximum Gasteiger partial charge on any atom is 0.314 e. The first-order valence-electron chi connectivity index (χ1n) is 11.6. The SMILES string of the molecule is CN1C[C@@H]2C[C@H]1CN2c1c(N(Cc2ccc(-c3nnc(C(F)F)o3)cn2)c2ccccc2)c(=O)c1=O. The first kappa shape index (κ1) is 22.5. The molecule has 2 aromatic carbocycles. The summed E-state index contributed by atoms with van der Waals surface area (Å²) in [4.78, 5) is 36.3. The molecule has 4 aromatic rings. The monoisotopic (exact) mass is 492 g/mol. The summed E-state index contributed by atoms with van der Waals surface area (Å²) in [6, 6.07) is 13.3. The molecule has 2 fully saturated rings. The number of hydrogen-bond acceptors (Lipinski definition) is 9. The lowest BCUT2D eigenvalue weighted by molar-refractivity contribution is 0.116. The molecular weight excluding hydrogens is 470 g/mol. The Labute approximate surface area is 204 Å². The van der Waals surface area contributed by atoms with Gasteiger partial charge in [-0.1, -0.05) is 18.2 Å². The lowest BCUT2D eigenvalue weighted by Gasteiger charge is -2.37. The molecule has 0 radical (unpaired) electrons. The number of para-hydroxylation sites is 1. The van der Waals surface area contributed by atoms with Crippen LogP contribution in [0.5, 0.6) is 0 Å². The topological polar surface area (TPSA) is 95.7 Å². The quantitative estimate of drug-likeness (QED) is 0.361. The van der Waals surface area contributed by atoms with Crippen LogP contribution in [0.2, 0.25) is 0 Å². The highest BCUT2D eigenvalue weighted by Gasteiger charge is 2.45. The van der Waals surface area contributed by atoms with Crippen LogP contribution in [0, 0.1) is 0 Å². The van der Waals surface area contributed by atoms with Crippen LogP contribution in [0.15, 0.2) is 62.7 Å². The van der Waals surface area contributed by atoms with Crippen molar-refractivity contribution in [2.45, 2.75) is 31.5 Å². The second-order valence-electron chi connectivity index (χ2n) is 9.20. The van der Waals surface area contributed by atoms with E-state index in [0.717, 1.165) is 25.2 Å². The van der Waals surface area contributed by atoms with Crippen LogP contribution in [0.25, 0.3) is 11.5 Å². The number of rotatable bonds is 7. The molecule has 2 atom stereocenters. The summed E-state index contributed by atoms with van der Waals surface area (Å²) in [7, 11) is 2.08. The van der Waals surface area contributed by atoms with Crippen LogP contribution in [-0.4, -0.2) is 52.3 Å². The Morgan fingerprint density at radius 3 is 2.47 bits per heavy atom. The van der Waals surface area contributed by atoms with Gasteiger partial charge in [0.15, 0.2) is 0 Å². The van der Waals surface area contributed by atoms with E-state index >= 15 is 0 Å². The van der Waals surface area contributed by atoms with Crippen molar-refractivity contribution in [2.24, 2.45) is 0 Å². The molecule has 36 heavy (non-hydrogen) atoms. The third-order valence-corrected chi connectivity index (χ3v) is 7.02. The minimum absolute atomic E-state index is 0.0527. The van der Waals surface area contributed by atoms with Crippen LogP contribution in [-0.2, 0) is 6.54 Å². The normalized spacial score (nSPS) is 19.6. The molecule has 184 valence electrons. The Morgan fingerprint density at radius 2 is 1.86 bits per heavy atom. The molecule has 0 saturated carbocycles. The zero-order chi connectivity index (χ0) is 25.0. The van der Waals surface area contributed by atoms with E-state index < -0.39 is 23.2 Å². The highest BCUT2D eigenvalue weighted by Crippen LogP contribution is 2.39. The van der Waals surface area contributed by atoms with E-state index in [-0.39, 0.29) is 18.5 Å². The van der Waals surface area contributed by atoms with E-state index in [2.05, 4.69) is 32.0 Å².